The van der Waals surface area contributed by atoms with E-state index in [-0.39, 0.29) is 18.0 Å². The molecule has 3 aromatic carbocycles. The van der Waals surface area contributed by atoms with E-state index >= 15 is 0 Å². The van der Waals surface area contributed by atoms with Crippen LogP contribution < -0.4 is 10.1 Å². The monoisotopic (exact) mass is 485 g/mol. The van der Waals surface area contributed by atoms with Gasteiger partial charge >= 0.3 is 11.9 Å². The molecule has 2 aromatic heterocycles. The second-order valence-electron chi connectivity index (χ2n) is 9.00. The number of ether oxygens (including phenoxy) is 3. The molecule has 0 aliphatic carbocycles. The normalized spacial score (nSPS) is 15.8. The van der Waals surface area contributed by atoms with Crippen LogP contribution in [0.4, 0.5) is 0 Å². The van der Waals surface area contributed by atoms with Crippen LogP contribution in [0.3, 0.4) is 0 Å². The number of H-pyrrole nitrogens is 2. The van der Waals surface area contributed by atoms with Crippen molar-refractivity contribution in [2.75, 3.05) is 26.3 Å². The van der Waals surface area contributed by atoms with E-state index in [0.717, 1.165) is 68.9 Å². The zero-order valence-corrected chi connectivity index (χ0v) is 20.2. The molecule has 1 fully saturated rings. The molecule has 8 heteroatoms. The lowest BCUT2D eigenvalue weighted by Gasteiger charge is -2.14. The number of benzene rings is 3. The molecule has 1 atom stereocenters. The summed E-state index contributed by atoms with van der Waals surface area (Å²) in [6.07, 6.45) is 0.958. The minimum absolute atomic E-state index is 0.0433. The van der Waals surface area contributed by atoms with Crippen LogP contribution >= 0.6 is 0 Å². The van der Waals surface area contributed by atoms with Crippen LogP contribution in [-0.2, 0) is 9.47 Å². The third kappa shape index (κ3) is 3.65. The predicted molar refractivity (Wildman–Crippen MR) is 139 cm³/mol. The Morgan fingerprint density at radius 3 is 1.83 bits per heavy atom. The van der Waals surface area contributed by atoms with E-state index in [9.17, 15) is 9.59 Å². The number of rotatable bonds is 6. The molecular formula is C28H27N3O5. The van der Waals surface area contributed by atoms with Crippen LogP contribution in [0.1, 0.15) is 41.0 Å². The third-order valence-corrected chi connectivity index (χ3v) is 6.74. The average Bonchev–Trinajstić information content (AvgIpc) is 3.61. The highest BCUT2D eigenvalue weighted by atomic mass is 16.5. The fraction of sp³-hybridized carbons (Fsp3) is 0.286. The Balaban J connectivity index is 1.62. The summed E-state index contributed by atoms with van der Waals surface area (Å²) in [6.45, 7) is 5.91. The van der Waals surface area contributed by atoms with Crippen molar-refractivity contribution in [1.82, 2.24) is 15.3 Å². The molecule has 0 radical (unpaired) electrons. The highest BCUT2D eigenvalue weighted by Gasteiger charge is 2.23. The Morgan fingerprint density at radius 1 is 0.806 bits per heavy atom. The van der Waals surface area contributed by atoms with Crippen LogP contribution in [0.25, 0.3) is 43.6 Å². The smallest absolute Gasteiger partial charge is 0.338 e. The Morgan fingerprint density at radius 2 is 1.36 bits per heavy atom. The van der Waals surface area contributed by atoms with Crippen molar-refractivity contribution in [3.05, 3.63) is 53.6 Å². The van der Waals surface area contributed by atoms with Crippen molar-refractivity contribution in [2.24, 2.45) is 0 Å². The molecule has 1 aliphatic heterocycles. The van der Waals surface area contributed by atoms with E-state index in [2.05, 4.69) is 21.4 Å². The molecule has 3 heterocycles. The van der Waals surface area contributed by atoms with Crippen molar-refractivity contribution < 1.29 is 23.8 Å². The molecule has 6 rings (SSSR count). The minimum Gasteiger partial charge on any atom is -0.485 e. The van der Waals surface area contributed by atoms with E-state index in [0.29, 0.717) is 24.3 Å². The van der Waals surface area contributed by atoms with Crippen LogP contribution in [0.15, 0.2) is 42.5 Å². The van der Waals surface area contributed by atoms with Crippen LogP contribution in [0, 0.1) is 0 Å². The zero-order chi connectivity index (χ0) is 24.8. The summed E-state index contributed by atoms with van der Waals surface area (Å²) in [6, 6.07) is 13.1. The van der Waals surface area contributed by atoms with Gasteiger partial charge in [-0.05, 0) is 69.3 Å². The van der Waals surface area contributed by atoms with E-state index in [4.69, 9.17) is 14.2 Å². The highest BCUT2D eigenvalue weighted by Crippen LogP contribution is 2.42. The van der Waals surface area contributed by atoms with Crippen LogP contribution in [0.2, 0.25) is 0 Å². The number of esters is 2. The predicted octanol–water partition coefficient (Wildman–Crippen LogP) is 5.05. The topological polar surface area (TPSA) is 105 Å². The molecule has 0 saturated carbocycles. The van der Waals surface area contributed by atoms with Gasteiger partial charge in [-0.3, -0.25) is 0 Å². The van der Waals surface area contributed by atoms with Crippen LogP contribution in [0.5, 0.6) is 5.75 Å². The Hall–Kier alpha value is -4.04. The first-order valence-electron chi connectivity index (χ1n) is 12.3. The number of hydrogen-bond donors (Lipinski definition) is 3. The van der Waals surface area contributed by atoms with Gasteiger partial charge in [0.15, 0.2) is 5.75 Å². The standard InChI is InChI=1S/C28H27N3O5/c1-3-34-27(32)15-5-7-22-18(11-15)20-13-21-19-12-16(28(33)35-4-2)6-8-23(19)31-25(21)26(24(20)30-22)36-17-9-10-29-14-17/h5-8,11-13,17,29-31H,3-4,9-10,14H2,1-2H3. The van der Waals surface area contributed by atoms with Gasteiger partial charge in [0.25, 0.3) is 0 Å². The zero-order valence-electron chi connectivity index (χ0n) is 20.2. The van der Waals surface area contributed by atoms with Gasteiger partial charge in [-0.25, -0.2) is 9.59 Å². The van der Waals surface area contributed by atoms with Crippen molar-refractivity contribution >= 4 is 55.6 Å². The highest BCUT2D eigenvalue weighted by molar-refractivity contribution is 6.21. The van der Waals surface area contributed by atoms with E-state index in [1.165, 1.54) is 0 Å². The summed E-state index contributed by atoms with van der Waals surface area (Å²) < 4.78 is 17.0. The molecule has 1 saturated heterocycles. The molecular weight excluding hydrogens is 458 g/mol. The summed E-state index contributed by atoms with van der Waals surface area (Å²) >= 11 is 0. The van der Waals surface area contributed by atoms with Crippen LogP contribution in [-0.4, -0.2) is 54.3 Å². The first-order valence-corrected chi connectivity index (χ1v) is 12.3. The summed E-state index contributed by atoms with van der Waals surface area (Å²) in [7, 11) is 0. The summed E-state index contributed by atoms with van der Waals surface area (Å²) in [5.74, 6) is 0.0305. The maximum atomic E-state index is 12.4. The molecule has 184 valence electrons. The lowest BCUT2D eigenvalue weighted by atomic mass is 10.0. The second kappa shape index (κ2) is 8.87. The lowest BCUT2D eigenvalue weighted by molar-refractivity contribution is 0.0517. The maximum absolute atomic E-state index is 12.4. The quantitative estimate of drug-likeness (QED) is 0.291. The Bertz CT molecular complexity index is 1530. The van der Waals surface area contributed by atoms with E-state index in [1.807, 2.05) is 24.3 Å². The molecule has 0 spiro atoms. The number of carbonyl (C=O) groups is 2. The van der Waals surface area contributed by atoms with Gasteiger partial charge < -0.3 is 29.5 Å². The number of hydrogen-bond acceptors (Lipinski definition) is 6. The molecule has 0 bridgehead atoms. The van der Waals surface area contributed by atoms with Crippen molar-refractivity contribution in [1.29, 1.82) is 0 Å². The summed E-state index contributed by atoms with van der Waals surface area (Å²) in [5, 5.41) is 7.04. The SMILES string of the molecule is CCOC(=O)c1ccc2[nH]c3c(OC4CCNC4)c4[nH]c5ccc(C(=O)OCC)cc5c4cc3c2c1. The molecule has 1 aliphatic rings. The number of aromatic nitrogens is 2. The average molecular weight is 486 g/mol. The fourth-order valence-electron chi connectivity index (χ4n) is 5.05. The number of aromatic amines is 2. The third-order valence-electron chi connectivity index (χ3n) is 6.74. The molecule has 8 nitrogen and oxygen atoms in total. The van der Waals surface area contributed by atoms with Gasteiger partial charge in [0.05, 0.1) is 35.4 Å². The summed E-state index contributed by atoms with van der Waals surface area (Å²) in [5.41, 5.74) is 4.52. The number of nitrogens with one attached hydrogen (secondary N) is 3. The fourth-order valence-corrected chi connectivity index (χ4v) is 5.05. The Labute approximate surface area is 206 Å². The van der Waals surface area contributed by atoms with E-state index in [1.54, 1.807) is 26.0 Å². The van der Waals surface area contributed by atoms with Crippen molar-refractivity contribution in [3.63, 3.8) is 0 Å². The van der Waals surface area contributed by atoms with Gasteiger partial charge in [0.1, 0.15) is 6.10 Å². The number of fused-ring (bicyclic) bond motifs is 6. The van der Waals surface area contributed by atoms with Gasteiger partial charge in [0, 0.05) is 39.1 Å². The number of carbonyl (C=O) groups excluding carboxylic acids is 2. The van der Waals surface area contributed by atoms with Gasteiger partial charge in [-0.15, -0.1) is 0 Å². The molecule has 0 amide bonds. The van der Waals surface area contributed by atoms with Gasteiger partial charge in [0.2, 0.25) is 0 Å². The molecule has 36 heavy (non-hydrogen) atoms. The van der Waals surface area contributed by atoms with Crippen molar-refractivity contribution in [3.8, 4) is 5.75 Å². The molecule has 1 unspecified atom stereocenters. The van der Waals surface area contributed by atoms with Gasteiger partial charge in [-0.1, -0.05) is 0 Å². The first-order chi connectivity index (χ1) is 17.6. The minimum atomic E-state index is -0.352. The maximum Gasteiger partial charge on any atom is 0.338 e. The second-order valence-corrected chi connectivity index (χ2v) is 9.00. The molecule has 3 N–H and O–H groups in total. The first kappa shape index (κ1) is 22.4. The lowest BCUT2D eigenvalue weighted by Crippen LogP contribution is -2.19. The Kier molecular flexibility index (Phi) is 5.53. The summed E-state index contributed by atoms with van der Waals surface area (Å²) in [4.78, 5) is 31.9. The molecule has 5 aromatic rings. The van der Waals surface area contributed by atoms with Crippen molar-refractivity contribution in [2.45, 2.75) is 26.4 Å². The largest absolute Gasteiger partial charge is 0.485 e. The van der Waals surface area contributed by atoms with E-state index < -0.39 is 0 Å². The van der Waals surface area contributed by atoms with Gasteiger partial charge in [-0.2, -0.15) is 0 Å².